The quantitative estimate of drug-likeness (QED) is 0.624. The van der Waals surface area contributed by atoms with E-state index in [-0.39, 0.29) is 16.0 Å². The van der Waals surface area contributed by atoms with Crippen LogP contribution in [0, 0.1) is 0 Å². The van der Waals surface area contributed by atoms with Gasteiger partial charge in [-0.25, -0.2) is 17.9 Å². The van der Waals surface area contributed by atoms with Crippen molar-refractivity contribution in [2.75, 3.05) is 5.32 Å². The summed E-state index contributed by atoms with van der Waals surface area (Å²) in [7, 11) is -4.04. The van der Waals surface area contributed by atoms with E-state index < -0.39 is 21.7 Å². The summed E-state index contributed by atoms with van der Waals surface area (Å²) in [6.45, 7) is 11.2. The fourth-order valence-corrected chi connectivity index (χ4v) is 5.01. The first-order valence-electron chi connectivity index (χ1n) is 9.12. The van der Waals surface area contributed by atoms with Gasteiger partial charge in [0.25, 0.3) is 10.0 Å². The lowest BCUT2D eigenvalue weighted by Crippen LogP contribution is -2.34. The maximum absolute atomic E-state index is 12.6. The van der Waals surface area contributed by atoms with E-state index in [1.165, 1.54) is 6.07 Å². The molecule has 6 nitrogen and oxygen atoms in total. The molecule has 0 bridgehead atoms. The van der Waals surface area contributed by atoms with E-state index in [0.29, 0.717) is 10.6 Å². The van der Waals surface area contributed by atoms with Gasteiger partial charge in [0.1, 0.15) is 4.21 Å². The molecular weight excluding hydrogens is 396 g/mol. The van der Waals surface area contributed by atoms with Crippen LogP contribution in [-0.4, -0.2) is 19.6 Å². The van der Waals surface area contributed by atoms with Crippen LogP contribution in [0.2, 0.25) is 0 Å². The van der Waals surface area contributed by atoms with E-state index in [2.05, 4.69) is 10.0 Å². The van der Waals surface area contributed by atoms with Crippen molar-refractivity contribution in [1.82, 2.24) is 4.72 Å². The second kappa shape index (κ2) is 8.23. The second-order valence-corrected chi connectivity index (χ2v) is 10.9. The molecule has 2 amide bonds. The first-order chi connectivity index (χ1) is 12.8. The number of nitrogens with one attached hydrogen (secondary N) is 2. The number of hydrogen-bond donors (Lipinski definition) is 3. The fourth-order valence-electron chi connectivity index (χ4n) is 2.80. The summed E-state index contributed by atoms with van der Waals surface area (Å²) in [4.78, 5) is 13.0. The first kappa shape index (κ1) is 22.4. The number of aliphatic hydroxyl groups is 1. The van der Waals surface area contributed by atoms with Gasteiger partial charge in [0, 0.05) is 10.6 Å². The van der Waals surface area contributed by atoms with E-state index in [0.717, 1.165) is 22.5 Å². The summed E-state index contributed by atoms with van der Waals surface area (Å²) in [5.74, 6) is 0.328. The predicted molar refractivity (Wildman–Crippen MR) is 114 cm³/mol. The zero-order valence-corrected chi connectivity index (χ0v) is 18.7. The number of anilines is 1. The standard InChI is InChI=1S/C20H28N2O4S2/c1-12(2)14-8-7-9-15(13(3)4)18(14)21-19(23)22-28(25,26)17-11-10-16(27-17)20(5,6)24/h7-13,24H,1-6H3,(H2,21,22,23). The van der Waals surface area contributed by atoms with E-state index >= 15 is 0 Å². The van der Waals surface area contributed by atoms with Crippen molar-refractivity contribution >= 4 is 33.1 Å². The Balaban J connectivity index is 2.28. The van der Waals surface area contributed by atoms with Gasteiger partial charge >= 0.3 is 6.03 Å². The average Bonchev–Trinajstić information content (AvgIpc) is 3.05. The minimum atomic E-state index is -4.04. The number of urea groups is 1. The molecule has 0 atom stereocenters. The molecular formula is C20H28N2O4S2. The van der Waals surface area contributed by atoms with Gasteiger partial charge in [0.2, 0.25) is 0 Å². The lowest BCUT2D eigenvalue weighted by atomic mass is 9.93. The van der Waals surface area contributed by atoms with Gasteiger partial charge in [-0.3, -0.25) is 0 Å². The van der Waals surface area contributed by atoms with Crippen LogP contribution < -0.4 is 10.0 Å². The van der Waals surface area contributed by atoms with Crippen molar-refractivity contribution in [2.45, 2.75) is 63.2 Å². The SMILES string of the molecule is CC(C)c1cccc(C(C)C)c1NC(=O)NS(=O)(=O)c1ccc(C(C)(C)O)s1. The van der Waals surface area contributed by atoms with Crippen LogP contribution in [0.1, 0.15) is 69.4 Å². The van der Waals surface area contributed by atoms with E-state index in [1.54, 1.807) is 19.9 Å². The molecule has 0 fully saturated rings. The topological polar surface area (TPSA) is 95.5 Å². The van der Waals surface area contributed by atoms with Crippen LogP contribution in [0.3, 0.4) is 0 Å². The molecule has 3 N–H and O–H groups in total. The Hall–Kier alpha value is -1.90. The van der Waals surface area contributed by atoms with Gasteiger partial charge in [0.15, 0.2) is 0 Å². The summed E-state index contributed by atoms with van der Waals surface area (Å²) >= 11 is 0.931. The summed E-state index contributed by atoms with van der Waals surface area (Å²) in [5.41, 5.74) is 1.38. The monoisotopic (exact) mass is 424 g/mol. The molecule has 2 rings (SSSR count). The molecule has 1 aromatic heterocycles. The molecule has 8 heteroatoms. The van der Waals surface area contributed by atoms with E-state index in [9.17, 15) is 18.3 Å². The highest BCUT2D eigenvalue weighted by atomic mass is 32.2. The first-order valence-corrected chi connectivity index (χ1v) is 11.4. The van der Waals surface area contributed by atoms with Crippen molar-refractivity contribution in [1.29, 1.82) is 0 Å². The molecule has 0 radical (unpaired) electrons. The zero-order valence-electron chi connectivity index (χ0n) is 17.0. The third kappa shape index (κ3) is 5.12. The van der Waals surface area contributed by atoms with E-state index in [4.69, 9.17) is 0 Å². The molecule has 28 heavy (non-hydrogen) atoms. The molecule has 0 aliphatic carbocycles. The van der Waals surface area contributed by atoms with E-state index in [1.807, 2.05) is 45.9 Å². The summed E-state index contributed by atoms with van der Waals surface area (Å²) < 4.78 is 27.2. The molecule has 0 aliphatic heterocycles. The van der Waals surface area contributed by atoms with Crippen LogP contribution in [0.4, 0.5) is 10.5 Å². The smallest absolute Gasteiger partial charge is 0.333 e. The predicted octanol–water partition coefficient (Wildman–Crippen LogP) is 4.73. The number of carbonyl (C=O) groups excluding carboxylic acids is 1. The minimum Gasteiger partial charge on any atom is -0.385 e. The highest BCUT2D eigenvalue weighted by Crippen LogP contribution is 2.33. The Morgan fingerprint density at radius 2 is 1.57 bits per heavy atom. The Morgan fingerprint density at radius 3 is 2.00 bits per heavy atom. The fraction of sp³-hybridized carbons (Fsp3) is 0.450. The summed E-state index contributed by atoms with van der Waals surface area (Å²) in [5, 5.41) is 12.8. The summed E-state index contributed by atoms with van der Waals surface area (Å²) in [6, 6.07) is 7.91. The maximum atomic E-state index is 12.6. The molecule has 0 saturated carbocycles. The van der Waals surface area contributed by atoms with Gasteiger partial charge in [-0.05, 0) is 48.9 Å². The van der Waals surface area contributed by atoms with Gasteiger partial charge < -0.3 is 10.4 Å². The Bertz CT molecular complexity index is 929. The lowest BCUT2D eigenvalue weighted by Gasteiger charge is -2.20. The molecule has 0 saturated heterocycles. The second-order valence-electron chi connectivity index (χ2n) is 7.86. The van der Waals surface area contributed by atoms with Gasteiger partial charge in [-0.15, -0.1) is 11.3 Å². The molecule has 0 spiro atoms. The Labute approximate surface area is 171 Å². The Morgan fingerprint density at radius 1 is 1.04 bits per heavy atom. The number of amides is 2. The third-order valence-electron chi connectivity index (χ3n) is 4.29. The van der Waals surface area contributed by atoms with Crippen molar-refractivity contribution < 1.29 is 18.3 Å². The number of carbonyl (C=O) groups is 1. The zero-order chi connectivity index (χ0) is 21.3. The van der Waals surface area contributed by atoms with Crippen LogP contribution in [-0.2, 0) is 15.6 Å². The lowest BCUT2D eigenvalue weighted by molar-refractivity contribution is 0.0825. The largest absolute Gasteiger partial charge is 0.385 e. The molecule has 1 heterocycles. The molecule has 1 aromatic carbocycles. The normalized spacial score (nSPS) is 12.5. The van der Waals surface area contributed by atoms with Crippen molar-refractivity contribution in [3.8, 4) is 0 Å². The van der Waals surface area contributed by atoms with Crippen LogP contribution in [0.15, 0.2) is 34.5 Å². The van der Waals surface area contributed by atoms with Gasteiger partial charge in [0.05, 0.1) is 5.60 Å². The van der Waals surface area contributed by atoms with Crippen molar-refractivity contribution in [2.24, 2.45) is 0 Å². The number of sulfonamides is 1. The minimum absolute atomic E-state index is 0.0268. The highest BCUT2D eigenvalue weighted by Gasteiger charge is 2.25. The number of benzene rings is 1. The van der Waals surface area contributed by atoms with Crippen LogP contribution in [0.25, 0.3) is 0 Å². The number of hydrogen-bond acceptors (Lipinski definition) is 5. The molecule has 154 valence electrons. The average molecular weight is 425 g/mol. The number of para-hydroxylation sites is 1. The third-order valence-corrected chi connectivity index (χ3v) is 7.51. The number of thiophene rings is 1. The van der Waals surface area contributed by atoms with Gasteiger partial charge in [-0.1, -0.05) is 45.9 Å². The van der Waals surface area contributed by atoms with Gasteiger partial charge in [-0.2, -0.15) is 0 Å². The number of rotatable bonds is 6. The maximum Gasteiger partial charge on any atom is 0.333 e. The molecule has 2 aromatic rings. The van der Waals surface area contributed by atoms with Crippen LogP contribution in [0.5, 0.6) is 0 Å². The molecule has 0 aliphatic rings. The highest BCUT2D eigenvalue weighted by molar-refractivity contribution is 7.92. The Kier molecular flexibility index (Phi) is 6.58. The van der Waals surface area contributed by atoms with Crippen LogP contribution >= 0.6 is 11.3 Å². The van der Waals surface area contributed by atoms with Crippen molar-refractivity contribution in [3.63, 3.8) is 0 Å². The van der Waals surface area contributed by atoms with Crippen molar-refractivity contribution in [3.05, 3.63) is 46.3 Å². The molecule has 0 unspecified atom stereocenters. The summed E-state index contributed by atoms with van der Waals surface area (Å²) in [6.07, 6.45) is 0.